The van der Waals surface area contributed by atoms with Crippen molar-refractivity contribution in [2.75, 3.05) is 5.33 Å². The van der Waals surface area contributed by atoms with Crippen LogP contribution in [0.1, 0.15) is 26.2 Å². The third-order valence-electron chi connectivity index (χ3n) is 1.54. The van der Waals surface area contributed by atoms with Crippen molar-refractivity contribution in [3.05, 3.63) is 35.9 Å². The summed E-state index contributed by atoms with van der Waals surface area (Å²) in [5.74, 6) is -0.821. The molecule has 0 radical (unpaired) electrons. The van der Waals surface area contributed by atoms with E-state index in [9.17, 15) is 8.78 Å². The Morgan fingerprint density at radius 1 is 1.00 bits per heavy atom. The minimum Gasteiger partial charge on any atom is -0.207 e. The summed E-state index contributed by atoms with van der Waals surface area (Å²) in [5.41, 5.74) is 0. The Labute approximate surface area is 92.5 Å². The fourth-order valence-electron chi connectivity index (χ4n) is 0.774. The molecular formula is C11H15BrF2. The van der Waals surface area contributed by atoms with Crippen molar-refractivity contribution in [2.45, 2.75) is 26.2 Å². The lowest BCUT2D eigenvalue weighted by Crippen LogP contribution is -1.72. The lowest BCUT2D eigenvalue weighted by Gasteiger charge is -1.85. The average molecular weight is 265 g/mol. The molecule has 0 spiro atoms. The summed E-state index contributed by atoms with van der Waals surface area (Å²) in [6.07, 6.45) is 4.02. The predicted molar refractivity (Wildman–Crippen MR) is 59.7 cm³/mol. The van der Waals surface area contributed by atoms with E-state index in [0.717, 1.165) is 24.3 Å². The highest BCUT2D eigenvalue weighted by molar-refractivity contribution is 9.09. The Hall–Kier alpha value is -0.440. The SMILES string of the molecule is CCCCCBr.Fc1ccc(F)cc1. The zero-order valence-electron chi connectivity index (χ0n) is 8.27. The Morgan fingerprint density at radius 2 is 1.43 bits per heavy atom. The summed E-state index contributed by atoms with van der Waals surface area (Å²) < 4.78 is 23.8. The largest absolute Gasteiger partial charge is 0.207 e. The third-order valence-corrected chi connectivity index (χ3v) is 2.10. The van der Waals surface area contributed by atoms with Crippen LogP contribution in [-0.2, 0) is 0 Å². The smallest absolute Gasteiger partial charge is 0.123 e. The van der Waals surface area contributed by atoms with Gasteiger partial charge in [-0.3, -0.25) is 0 Å². The van der Waals surface area contributed by atoms with Crippen molar-refractivity contribution in [3.63, 3.8) is 0 Å². The van der Waals surface area contributed by atoms with E-state index in [-0.39, 0.29) is 0 Å². The van der Waals surface area contributed by atoms with Crippen LogP contribution in [0.4, 0.5) is 8.78 Å². The van der Waals surface area contributed by atoms with Crippen LogP contribution in [0.15, 0.2) is 24.3 Å². The minimum absolute atomic E-state index is 0.411. The van der Waals surface area contributed by atoms with Crippen LogP contribution < -0.4 is 0 Å². The lowest BCUT2D eigenvalue weighted by atomic mass is 10.3. The quantitative estimate of drug-likeness (QED) is 0.556. The molecular weight excluding hydrogens is 250 g/mol. The lowest BCUT2D eigenvalue weighted by molar-refractivity contribution is 0.600. The van der Waals surface area contributed by atoms with Gasteiger partial charge in [0.1, 0.15) is 11.6 Å². The van der Waals surface area contributed by atoms with Gasteiger partial charge in [0.05, 0.1) is 0 Å². The number of alkyl halides is 1. The van der Waals surface area contributed by atoms with E-state index in [1.807, 2.05) is 0 Å². The summed E-state index contributed by atoms with van der Waals surface area (Å²) in [7, 11) is 0. The van der Waals surface area contributed by atoms with E-state index in [2.05, 4.69) is 22.9 Å². The van der Waals surface area contributed by atoms with Crippen LogP contribution in [0.5, 0.6) is 0 Å². The van der Waals surface area contributed by atoms with Crippen LogP contribution in [0.25, 0.3) is 0 Å². The topological polar surface area (TPSA) is 0 Å². The molecule has 80 valence electrons. The molecule has 0 N–H and O–H groups in total. The van der Waals surface area contributed by atoms with Gasteiger partial charge >= 0.3 is 0 Å². The number of unbranched alkanes of at least 4 members (excludes halogenated alkanes) is 2. The molecule has 14 heavy (non-hydrogen) atoms. The molecule has 3 heteroatoms. The average Bonchev–Trinajstić information content (AvgIpc) is 2.20. The Bertz CT molecular complexity index is 196. The highest BCUT2D eigenvalue weighted by Crippen LogP contribution is 1.98. The molecule has 0 saturated heterocycles. The summed E-state index contributed by atoms with van der Waals surface area (Å²) in [6.45, 7) is 2.21. The third kappa shape index (κ3) is 8.17. The standard InChI is InChI=1S/C6H4F2.C5H11Br/c7-5-1-2-6(8)4-3-5;1-2-3-4-5-6/h1-4H;2-5H2,1H3. The van der Waals surface area contributed by atoms with Crippen molar-refractivity contribution in [1.82, 2.24) is 0 Å². The van der Waals surface area contributed by atoms with Crippen LogP contribution >= 0.6 is 15.9 Å². The van der Waals surface area contributed by atoms with Gasteiger partial charge in [0.25, 0.3) is 0 Å². The molecule has 0 aromatic heterocycles. The van der Waals surface area contributed by atoms with Crippen LogP contribution in [0.3, 0.4) is 0 Å². The second kappa shape index (κ2) is 9.13. The Balaban J connectivity index is 0.000000255. The maximum Gasteiger partial charge on any atom is 0.123 e. The molecule has 0 aliphatic heterocycles. The first kappa shape index (κ1) is 13.6. The fraction of sp³-hybridized carbons (Fsp3) is 0.455. The summed E-state index contributed by atoms with van der Waals surface area (Å²) in [6, 6.07) is 4.31. The Morgan fingerprint density at radius 3 is 1.64 bits per heavy atom. The first-order valence-corrected chi connectivity index (χ1v) is 5.80. The van der Waals surface area contributed by atoms with Gasteiger partial charge in [-0.15, -0.1) is 0 Å². The van der Waals surface area contributed by atoms with Crippen molar-refractivity contribution in [2.24, 2.45) is 0 Å². The zero-order valence-corrected chi connectivity index (χ0v) is 9.86. The van der Waals surface area contributed by atoms with Gasteiger partial charge in [0.15, 0.2) is 0 Å². The van der Waals surface area contributed by atoms with Gasteiger partial charge in [0.2, 0.25) is 0 Å². The summed E-state index contributed by atoms with van der Waals surface area (Å²) in [4.78, 5) is 0. The maximum atomic E-state index is 11.9. The zero-order chi connectivity index (χ0) is 10.8. The molecule has 0 bridgehead atoms. The first-order valence-electron chi connectivity index (χ1n) is 4.67. The van der Waals surface area contributed by atoms with Gasteiger partial charge in [-0.05, 0) is 30.7 Å². The molecule has 0 aliphatic rings. The van der Waals surface area contributed by atoms with E-state index >= 15 is 0 Å². The molecule has 0 nitrogen and oxygen atoms in total. The van der Waals surface area contributed by atoms with Crippen molar-refractivity contribution >= 4 is 15.9 Å². The second-order valence-electron chi connectivity index (χ2n) is 2.83. The van der Waals surface area contributed by atoms with Gasteiger partial charge in [0, 0.05) is 5.33 Å². The van der Waals surface area contributed by atoms with Gasteiger partial charge < -0.3 is 0 Å². The normalized spacial score (nSPS) is 9.14. The molecule has 0 atom stereocenters. The molecule has 1 aromatic carbocycles. The van der Waals surface area contributed by atoms with E-state index in [1.54, 1.807) is 0 Å². The molecule has 0 unspecified atom stereocenters. The second-order valence-corrected chi connectivity index (χ2v) is 3.63. The first-order chi connectivity index (χ1) is 6.70. The summed E-state index contributed by atoms with van der Waals surface area (Å²) in [5, 5.41) is 1.17. The highest BCUT2D eigenvalue weighted by Gasteiger charge is 1.86. The predicted octanol–water partition coefficient (Wildman–Crippen LogP) is 4.54. The van der Waals surface area contributed by atoms with Gasteiger partial charge in [-0.2, -0.15) is 0 Å². The van der Waals surface area contributed by atoms with Gasteiger partial charge in [-0.25, -0.2) is 8.78 Å². The Kier molecular flexibility index (Phi) is 8.84. The monoisotopic (exact) mass is 264 g/mol. The summed E-state index contributed by atoms with van der Waals surface area (Å²) >= 11 is 3.35. The molecule has 0 heterocycles. The number of halogens is 3. The minimum atomic E-state index is -0.411. The molecule has 0 saturated carbocycles. The van der Waals surface area contributed by atoms with Gasteiger partial charge in [-0.1, -0.05) is 35.7 Å². The molecule has 0 aliphatic carbocycles. The number of rotatable bonds is 3. The highest BCUT2D eigenvalue weighted by atomic mass is 79.9. The van der Waals surface area contributed by atoms with Crippen molar-refractivity contribution in [1.29, 1.82) is 0 Å². The van der Waals surface area contributed by atoms with Crippen LogP contribution in [0, 0.1) is 11.6 Å². The number of hydrogen-bond donors (Lipinski definition) is 0. The van der Waals surface area contributed by atoms with Crippen molar-refractivity contribution < 1.29 is 8.78 Å². The van der Waals surface area contributed by atoms with E-state index < -0.39 is 11.6 Å². The van der Waals surface area contributed by atoms with Crippen LogP contribution in [-0.4, -0.2) is 5.33 Å². The van der Waals surface area contributed by atoms with Crippen LogP contribution in [0.2, 0.25) is 0 Å². The molecule has 1 rings (SSSR count). The molecule has 1 aromatic rings. The van der Waals surface area contributed by atoms with E-state index in [0.29, 0.717) is 0 Å². The fourth-order valence-corrected chi connectivity index (χ4v) is 1.17. The maximum absolute atomic E-state index is 11.9. The molecule has 0 fully saturated rings. The van der Waals surface area contributed by atoms with E-state index in [4.69, 9.17) is 0 Å². The van der Waals surface area contributed by atoms with E-state index in [1.165, 1.54) is 24.6 Å². The number of benzene rings is 1. The number of hydrogen-bond acceptors (Lipinski definition) is 0. The molecule has 0 amide bonds. The van der Waals surface area contributed by atoms with Crippen molar-refractivity contribution in [3.8, 4) is 0 Å².